The smallest absolute Gasteiger partial charge is 0.272 e. The molecule has 9 nitrogen and oxygen atoms in total. The lowest BCUT2D eigenvalue weighted by Crippen LogP contribution is -2.35. The molecule has 130 valence electrons. The van der Waals surface area contributed by atoms with Crippen molar-refractivity contribution >= 4 is 27.6 Å². The third-order valence-corrected chi connectivity index (χ3v) is 6.16. The van der Waals surface area contributed by atoms with Crippen molar-refractivity contribution in [2.75, 3.05) is 0 Å². The van der Waals surface area contributed by atoms with E-state index in [-0.39, 0.29) is 16.9 Å². The van der Waals surface area contributed by atoms with Crippen LogP contribution in [0.1, 0.15) is 6.42 Å². The van der Waals surface area contributed by atoms with Crippen molar-refractivity contribution in [1.29, 1.82) is 0 Å². The molecule has 0 aromatic heterocycles. The molecular formula is C15H12N2O7S. The maximum atomic E-state index is 12.5. The summed E-state index contributed by atoms with van der Waals surface area (Å²) in [6, 6.07) is 4.58. The molecule has 1 heterocycles. The molecule has 4 rings (SSSR count). The van der Waals surface area contributed by atoms with Crippen LogP contribution in [-0.2, 0) is 24.0 Å². The van der Waals surface area contributed by atoms with Gasteiger partial charge in [-0.05, 0) is 24.3 Å². The number of nitro groups is 1. The van der Waals surface area contributed by atoms with Crippen LogP contribution in [0.3, 0.4) is 0 Å². The van der Waals surface area contributed by atoms with E-state index in [1.807, 2.05) is 12.2 Å². The van der Waals surface area contributed by atoms with E-state index in [1.54, 1.807) is 0 Å². The summed E-state index contributed by atoms with van der Waals surface area (Å²) in [5, 5.41) is 11.3. The Hall–Kier alpha value is -2.59. The molecule has 1 saturated carbocycles. The normalized spacial score (nSPS) is 30.2. The molecule has 2 fully saturated rings. The van der Waals surface area contributed by atoms with Gasteiger partial charge >= 0.3 is 10.1 Å². The number of nitro benzene ring substituents is 1. The molecule has 0 radical (unpaired) electrons. The quantitative estimate of drug-likeness (QED) is 0.338. The molecule has 1 saturated heterocycles. The Labute approximate surface area is 142 Å². The fourth-order valence-electron chi connectivity index (χ4n) is 3.91. The van der Waals surface area contributed by atoms with Gasteiger partial charge in [-0.1, -0.05) is 24.3 Å². The van der Waals surface area contributed by atoms with Crippen LogP contribution in [0.15, 0.2) is 41.3 Å². The summed E-state index contributed by atoms with van der Waals surface area (Å²) in [7, 11) is -4.71. The maximum Gasteiger partial charge on any atom is 0.325 e. The zero-order valence-corrected chi connectivity index (χ0v) is 13.5. The Morgan fingerprint density at radius 2 is 1.64 bits per heavy atom. The number of fused-ring (bicyclic) bond motifs is 5. The van der Waals surface area contributed by atoms with Crippen molar-refractivity contribution in [1.82, 2.24) is 5.06 Å². The molecule has 2 aliphatic carbocycles. The van der Waals surface area contributed by atoms with Crippen molar-refractivity contribution in [3.63, 3.8) is 0 Å². The van der Waals surface area contributed by atoms with Crippen LogP contribution in [0.25, 0.3) is 0 Å². The molecule has 1 aromatic carbocycles. The van der Waals surface area contributed by atoms with Gasteiger partial charge < -0.3 is 0 Å². The fraction of sp³-hybridized carbons (Fsp3) is 0.333. The molecule has 0 N–H and O–H groups in total. The third kappa shape index (κ3) is 2.21. The third-order valence-electron chi connectivity index (χ3n) is 4.93. The van der Waals surface area contributed by atoms with Crippen LogP contribution in [-0.4, -0.2) is 30.2 Å². The van der Waals surface area contributed by atoms with Gasteiger partial charge in [0, 0.05) is 6.07 Å². The molecule has 0 unspecified atom stereocenters. The van der Waals surface area contributed by atoms with Gasteiger partial charge in [0.1, 0.15) is 0 Å². The first-order valence-corrected chi connectivity index (χ1v) is 8.96. The van der Waals surface area contributed by atoms with Gasteiger partial charge in [0.05, 0.1) is 16.8 Å². The summed E-state index contributed by atoms with van der Waals surface area (Å²) in [6.07, 6.45) is 4.41. The van der Waals surface area contributed by atoms with E-state index in [0.717, 1.165) is 12.1 Å². The lowest BCUT2D eigenvalue weighted by molar-refractivity contribution is -0.388. The SMILES string of the molecule is O=C1[C@@H]2[C@@H](C(=O)N1OS(=O)(=O)c1ccccc1[N+](=O)[O-])[C@H]1C=C[C@H]2C1. The largest absolute Gasteiger partial charge is 0.325 e. The predicted molar refractivity (Wildman–Crippen MR) is 80.9 cm³/mol. The zero-order chi connectivity index (χ0) is 17.9. The Morgan fingerprint density at radius 1 is 1.08 bits per heavy atom. The average molecular weight is 364 g/mol. The number of para-hydroxylation sites is 1. The Kier molecular flexibility index (Phi) is 3.31. The van der Waals surface area contributed by atoms with Gasteiger partial charge in [-0.3, -0.25) is 19.7 Å². The molecule has 3 aliphatic rings. The summed E-state index contributed by atoms with van der Waals surface area (Å²) < 4.78 is 29.6. The number of imide groups is 1. The van der Waals surface area contributed by atoms with Crippen LogP contribution >= 0.6 is 0 Å². The van der Waals surface area contributed by atoms with E-state index in [4.69, 9.17) is 4.28 Å². The molecule has 1 aliphatic heterocycles. The van der Waals surface area contributed by atoms with Crippen molar-refractivity contribution < 1.29 is 27.2 Å². The van der Waals surface area contributed by atoms with Crippen LogP contribution in [0.5, 0.6) is 0 Å². The van der Waals surface area contributed by atoms with E-state index in [1.165, 1.54) is 12.1 Å². The molecule has 1 aromatic rings. The number of carbonyl (C=O) groups is 2. The van der Waals surface area contributed by atoms with Crippen molar-refractivity contribution in [2.45, 2.75) is 11.3 Å². The molecule has 4 atom stereocenters. The predicted octanol–water partition coefficient (Wildman–Crippen LogP) is 1.02. The van der Waals surface area contributed by atoms with E-state index < -0.39 is 49.3 Å². The molecule has 0 spiro atoms. The zero-order valence-electron chi connectivity index (χ0n) is 12.6. The van der Waals surface area contributed by atoms with E-state index in [0.29, 0.717) is 6.42 Å². The van der Waals surface area contributed by atoms with Gasteiger partial charge in [-0.2, -0.15) is 8.42 Å². The highest BCUT2D eigenvalue weighted by Gasteiger charge is 2.61. The van der Waals surface area contributed by atoms with E-state index in [9.17, 15) is 28.1 Å². The van der Waals surface area contributed by atoms with Crippen LogP contribution in [0.2, 0.25) is 0 Å². The van der Waals surface area contributed by atoms with E-state index in [2.05, 4.69) is 0 Å². The summed E-state index contributed by atoms with van der Waals surface area (Å²) in [5.41, 5.74) is -0.691. The number of hydrogen-bond acceptors (Lipinski definition) is 7. The summed E-state index contributed by atoms with van der Waals surface area (Å²) in [6.45, 7) is 0. The first-order chi connectivity index (χ1) is 11.8. The summed E-state index contributed by atoms with van der Waals surface area (Å²) in [5.74, 6) is -2.88. The number of rotatable bonds is 4. The van der Waals surface area contributed by atoms with E-state index >= 15 is 0 Å². The van der Waals surface area contributed by atoms with Crippen molar-refractivity contribution in [2.24, 2.45) is 23.7 Å². The second-order valence-corrected chi connectivity index (χ2v) is 7.72. The summed E-state index contributed by atoms with van der Waals surface area (Å²) >= 11 is 0. The number of allylic oxidation sites excluding steroid dienone is 2. The molecule has 2 bridgehead atoms. The molecular weight excluding hydrogens is 352 g/mol. The molecule has 2 amide bonds. The Balaban J connectivity index is 1.66. The average Bonchev–Trinajstić information content (AvgIpc) is 3.25. The highest BCUT2D eigenvalue weighted by Crippen LogP contribution is 2.52. The molecule has 10 heteroatoms. The van der Waals surface area contributed by atoms with Gasteiger partial charge in [0.25, 0.3) is 17.5 Å². The number of benzene rings is 1. The monoisotopic (exact) mass is 364 g/mol. The second-order valence-electron chi connectivity index (χ2n) is 6.22. The van der Waals surface area contributed by atoms with Crippen LogP contribution in [0.4, 0.5) is 5.69 Å². The molecule has 25 heavy (non-hydrogen) atoms. The second kappa shape index (κ2) is 5.20. The summed E-state index contributed by atoms with van der Waals surface area (Å²) in [4.78, 5) is 34.4. The Bertz CT molecular complexity index is 909. The minimum absolute atomic E-state index is 0.103. The first-order valence-electron chi connectivity index (χ1n) is 7.55. The minimum Gasteiger partial charge on any atom is -0.272 e. The maximum absolute atomic E-state index is 12.5. The van der Waals surface area contributed by atoms with Crippen LogP contribution < -0.4 is 0 Å². The number of amides is 2. The lowest BCUT2D eigenvalue weighted by atomic mass is 9.85. The number of hydroxylamine groups is 2. The van der Waals surface area contributed by atoms with Gasteiger partial charge in [0.2, 0.25) is 0 Å². The Morgan fingerprint density at radius 3 is 2.20 bits per heavy atom. The van der Waals surface area contributed by atoms with Gasteiger partial charge in [-0.25, -0.2) is 0 Å². The number of hydrogen-bond donors (Lipinski definition) is 0. The number of carbonyl (C=O) groups excluding carboxylic acids is 2. The highest BCUT2D eigenvalue weighted by molar-refractivity contribution is 7.86. The van der Waals surface area contributed by atoms with Crippen molar-refractivity contribution in [3.05, 3.63) is 46.5 Å². The number of nitrogens with zero attached hydrogens (tertiary/aromatic N) is 2. The van der Waals surface area contributed by atoms with Gasteiger partial charge in [0.15, 0.2) is 4.90 Å². The van der Waals surface area contributed by atoms with Crippen molar-refractivity contribution in [3.8, 4) is 0 Å². The highest BCUT2D eigenvalue weighted by atomic mass is 32.2. The minimum atomic E-state index is -4.71. The standard InChI is InChI=1S/C15H12N2O7S/c18-14-12-8-5-6-9(7-8)13(12)15(19)16(14)24-25(22,23)11-4-2-1-3-10(11)17(20)21/h1-6,8-9,12-13H,7H2/t8-,9-,12-,13-/m0/s1. The fourth-order valence-corrected chi connectivity index (χ4v) is 4.97. The van der Waals surface area contributed by atoms with Crippen LogP contribution in [0, 0.1) is 33.8 Å². The first kappa shape index (κ1) is 15.9. The lowest BCUT2D eigenvalue weighted by Gasteiger charge is -2.15. The van der Waals surface area contributed by atoms with Gasteiger partial charge in [-0.15, -0.1) is 9.35 Å². The topological polar surface area (TPSA) is 124 Å².